The zero-order valence-electron chi connectivity index (χ0n) is 12.5. The lowest BCUT2D eigenvalue weighted by Gasteiger charge is -2.12. The largest absolute Gasteiger partial charge is 0.370 e. The second-order valence-electron chi connectivity index (χ2n) is 5.25. The molecule has 2 rings (SSSR count). The zero-order valence-corrected chi connectivity index (χ0v) is 15.6. The number of halogens is 3. The van der Waals surface area contributed by atoms with Crippen LogP contribution in [0.15, 0.2) is 23.2 Å². The third kappa shape index (κ3) is 5.84. The molecular weight excluding hydrogens is 441 g/mol. The van der Waals surface area contributed by atoms with Gasteiger partial charge in [0.2, 0.25) is 10.0 Å². The van der Waals surface area contributed by atoms with Crippen LogP contribution in [-0.2, 0) is 10.0 Å². The van der Waals surface area contributed by atoms with Gasteiger partial charge in [0, 0.05) is 25.7 Å². The van der Waals surface area contributed by atoms with E-state index >= 15 is 0 Å². The SMILES string of the molecule is CS(=O)(=O)N1CCC(CN=C(N)Nc2cc(F)ccc2F)C1.I. The first-order valence-corrected chi connectivity index (χ1v) is 8.57. The third-order valence-electron chi connectivity index (χ3n) is 3.43. The van der Waals surface area contributed by atoms with Crippen molar-refractivity contribution in [3.05, 3.63) is 29.8 Å². The van der Waals surface area contributed by atoms with Crippen molar-refractivity contribution in [2.75, 3.05) is 31.2 Å². The van der Waals surface area contributed by atoms with Crippen LogP contribution in [0.3, 0.4) is 0 Å². The lowest BCUT2D eigenvalue weighted by Crippen LogP contribution is -2.28. The van der Waals surface area contributed by atoms with Crippen molar-refractivity contribution in [3.63, 3.8) is 0 Å². The molecule has 0 radical (unpaired) electrons. The van der Waals surface area contributed by atoms with E-state index in [2.05, 4.69) is 10.3 Å². The van der Waals surface area contributed by atoms with Crippen molar-refractivity contribution in [1.82, 2.24) is 4.31 Å². The molecule has 23 heavy (non-hydrogen) atoms. The molecule has 1 unspecified atom stereocenters. The number of nitrogens with one attached hydrogen (secondary N) is 1. The summed E-state index contributed by atoms with van der Waals surface area (Å²) in [6.07, 6.45) is 1.86. The molecule has 1 aromatic carbocycles. The Bertz CT molecular complexity index is 685. The highest BCUT2D eigenvalue weighted by molar-refractivity contribution is 14.0. The fraction of sp³-hybridized carbons (Fsp3) is 0.462. The maximum Gasteiger partial charge on any atom is 0.211 e. The minimum Gasteiger partial charge on any atom is -0.370 e. The summed E-state index contributed by atoms with van der Waals surface area (Å²) in [5.41, 5.74) is 5.55. The average Bonchev–Trinajstić information content (AvgIpc) is 2.89. The fourth-order valence-corrected chi connectivity index (χ4v) is 3.16. The fourth-order valence-electron chi connectivity index (χ4n) is 2.25. The number of nitrogens with two attached hydrogens (primary N) is 1. The molecule has 1 aromatic rings. The lowest BCUT2D eigenvalue weighted by molar-refractivity contribution is 0.464. The average molecular weight is 460 g/mol. The van der Waals surface area contributed by atoms with Crippen molar-refractivity contribution >= 4 is 45.6 Å². The quantitative estimate of drug-likeness (QED) is 0.406. The first-order chi connectivity index (χ1) is 10.3. The van der Waals surface area contributed by atoms with Gasteiger partial charge in [-0.2, -0.15) is 0 Å². The van der Waals surface area contributed by atoms with Gasteiger partial charge < -0.3 is 11.1 Å². The van der Waals surface area contributed by atoms with Gasteiger partial charge in [-0.3, -0.25) is 4.99 Å². The van der Waals surface area contributed by atoms with Crippen LogP contribution < -0.4 is 11.1 Å². The number of hydrogen-bond acceptors (Lipinski definition) is 3. The van der Waals surface area contributed by atoms with Gasteiger partial charge >= 0.3 is 0 Å². The summed E-state index contributed by atoms with van der Waals surface area (Å²) in [7, 11) is -3.19. The van der Waals surface area contributed by atoms with E-state index in [1.807, 2.05) is 0 Å². The summed E-state index contributed by atoms with van der Waals surface area (Å²) in [4.78, 5) is 4.06. The van der Waals surface area contributed by atoms with E-state index in [1.165, 1.54) is 10.6 Å². The normalized spacial score (nSPS) is 19.4. The van der Waals surface area contributed by atoms with Crippen LogP contribution in [0, 0.1) is 17.6 Å². The van der Waals surface area contributed by atoms with Crippen LogP contribution in [0.2, 0.25) is 0 Å². The van der Waals surface area contributed by atoms with Gasteiger partial charge in [-0.15, -0.1) is 24.0 Å². The second kappa shape index (κ2) is 8.20. The standard InChI is InChI=1S/C13H18F2N4O2S.HI/c1-22(20,21)19-5-4-9(8-19)7-17-13(16)18-12-6-10(14)2-3-11(12)15;/h2-3,6,9H,4-5,7-8H2,1H3,(H3,16,17,18);1H. The van der Waals surface area contributed by atoms with Crippen LogP contribution in [0.5, 0.6) is 0 Å². The Morgan fingerprint density at radius 3 is 2.78 bits per heavy atom. The number of rotatable bonds is 4. The predicted octanol–water partition coefficient (Wildman–Crippen LogP) is 1.59. The number of nitrogens with zero attached hydrogens (tertiary/aromatic N) is 2. The van der Waals surface area contributed by atoms with Crippen LogP contribution in [0.4, 0.5) is 14.5 Å². The Kier molecular flexibility index (Phi) is 7.14. The van der Waals surface area contributed by atoms with Gasteiger partial charge in [0.1, 0.15) is 11.6 Å². The summed E-state index contributed by atoms with van der Waals surface area (Å²) in [5, 5.41) is 2.50. The molecule has 0 saturated carbocycles. The predicted molar refractivity (Wildman–Crippen MR) is 96.4 cm³/mol. The monoisotopic (exact) mass is 460 g/mol. The van der Waals surface area contributed by atoms with Crippen molar-refractivity contribution in [2.24, 2.45) is 16.6 Å². The van der Waals surface area contributed by atoms with Crippen LogP contribution in [0.25, 0.3) is 0 Å². The summed E-state index contributed by atoms with van der Waals surface area (Å²) in [6, 6.07) is 2.98. The summed E-state index contributed by atoms with van der Waals surface area (Å²) in [5.74, 6) is -1.20. The molecule has 1 atom stereocenters. The molecule has 1 saturated heterocycles. The van der Waals surface area contributed by atoms with Crippen molar-refractivity contribution in [2.45, 2.75) is 6.42 Å². The van der Waals surface area contributed by atoms with Gasteiger partial charge in [0.15, 0.2) is 5.96 Å². The topological polar surface area (TPSA) is 87.8 Å². The molecule has 1 aliphatic heterocycles. The number of anilines is 1. The number of benzene rings is 1. The molecule has 0 aliphatic carbocycles. The Labute approximate surface area is 151 Å². The Balaban J connectivity index is 0.00000264. The zero-order chi connectivity index (χ0) is 16.3. The number of sulfonamides is 1. The first kappa shape index (κ1) is 20.0. The van der Waals surface area contributed by atoms with Gasteiger partial charge in [0.25, 0.3) is 0 Å². The van der Waals surface area contributed by atoms with Gasteiger partial charge in [-0.05, 0) is 24.5 Å². The second-order valence-corrected chi connectivity index (χ2v) is 7.23. The van der Waals surface area contributed by atoms with Gasteiger partial charge in [-0.25, -0.2) is 21.5 Å². The highest BCUT2D eigenvalue weighted by Crippen LogP contribution is 2.19. The van der Waals surface area contributed by atoms with E-state index in [4.69, 9.17) is 5.73 Å². The van der Waals surface area contributed by atoms with E-state index in [0.29, 0.717) is 26.1 Å². The van der Waals surface area contributed by atoms with Crippen LogP contribution in [-0.4, -0.2) is 44.6 Å². The summed E-state index contributed by atoms with van der Waals surface area (Å²) in [6.45, 7) is 1.18. The van der Waals surface area contributed by atoms with Gasteiger partial charge in [-0.1, -0.05) is 0 Å². The number of hydrogen-bond donors (Lipinski definition) is 2. The van der Waals surface area contributed by atoms with Gasteiger partial charge in [0.05, 0.1) is 11.9 Å². The highest BCUT2D eigenvalue weighted by Gasteiger charge is 2.28. The van der Waals surface area contributed by atoms with E-state index in [-0.39, 0.29) is 41.5 Å². The highest BCUT2D eigenvalue weighted by atomic mass is 127. The summed E-state index contributed by atoms with van der Waals surface area (Å²) >= 11 is 0. The van der Waals surface area contributed by atoms with E-state index in [1.54, 1.807) is 0 Å². The molecule has 1 fully saturated rings. The molecule has 6 nitrogen and oxygen atoms in total. The summed E-state index contributed by atoms with van der Waals surface area (Å²) < 4.78 is 50.7. The van der Waals surface area contributed by atoms with E-state index in [9.17, 15) is 17.2 Å². The van der Waals surface area contributed by atoms with Crippen molar-refractivity contribution < 1.29 is 17.2 Å². The molecule has 0 bridgehead atoms. The van der Waals surface area contributed by atoms with Crippen LogP contribution >= 0.6 is 24.0 Å². The minimum atomic E-state index is -3.19. The Morgan fingerprint density at radius 2 is 2.17 bits per heavy atom. The number of aliphatic imine (C=N–C) groups is 1. The van der Waals surface area contributed by atoms with E-state index in [0.717, 1.165) is 18.2 Å². The number of guanidine groups is 1. The first-order valence-electron chi connectivity index (χ1n) is 6.73. The Morgan fingerprint density at radius 1 is 1.48 bits per heavy atom. The molecule has 1 heterocycles. The van der Waals surface area contributed by atoms with Crippen molar-refractivity contribution in [3.8, 4) is 0 Å². The smallest absolute Gasteiger partial charge is 0.211 e. The van der Waals surface area contributed by atoms with Crippen LogP contribution in [0.1, 0.15) is 6.42 Å². The lowest BCUT2D eigenvalue weighted by atomic mass is 10.1. The molecule has 0 aromatic heterocycles. The molecule has 0 spiro atoms. The molecule has 0 amide bonds. The van der Waals surface area contributed by atoms with Crippen molar-refractivity contribution in [1.29, 1.82) is 0 Å². The molecule has 10 heteroatoms. The molecule has 1 aliphatic rings. The maximum absolute atomic E-state index is 13.4. The minimum absolute atomic E-state index is 0. The molecular formula is C13H19F2IN4O2S. The molecule has 3 N–H and O–H groups in total. The Hall–Kier alpha value is -1.01. The molecule has 130 valence electrons. The third-order valence-corrected chi connectivity index (χ3v) is 4.70. The van der Waals surface area contributed by atoms with E-state index < -0.39 is 21.7 Å². The maximum atomic E-state index is 13.4.